The number of carbonyl (C=O) groups excluding carboxylic acids is 1. The molecule has 1 aliphatic rings. The van der Waals surface area contributed by atoms with Gasteiger partial charge in [0.25, 0.3) is 5.91 Å². The lowest BCUT2D eigenvalue weighted by molar-refractivity contribution is 0.0681. The highest BCUT2D eigenvalue weighted by Gasteiger charge is 2.35. The first kappa shape index (κ1) is 19.5. The van der Waals surface area contributed by atoms with E-state index in [1.54, 1.807) is 36.3 Å². The van der Waals surface area contributed by atoms with Crippen molar-refractivity contribution in [1.29, 1.82) is 0 Å². The maximum Gasteiger partial charge on any atom is 0.254 e. The fourth-order valence-electron chi connectivity index (χ4n) is 3.92. The molecular weight excluding hydrogens is 386 g/mol. The first-order valence-electron chi connectivity index (χ1n) is 9.59. The number of hydrogen-bond donors (Lipinski definition) is 0. The molecule has 3 aromatic carbocycles. The van der Waals surface area contributed by atoms with E-state index in [9.17, 15) is 13.2 Å². The first-order chi connectivity index (χ1) is 14.0. The molecule has 0 unspecified atom stereocenters. The fraction of sp³-hybridized carbons (Fsp3) is 0.261. The molecule has 150 valence electrons. The largest absolute Gasteiger partial charge is 0.497 e. The highest BCUT2D eigenvalue weighted by Crippen LogP contribution is 2.26. The summed E-state index contributed by atoms with van der Waals surface area (Å²) in [7, 11) is -1.57. The number of ether oxygens (including phenoxy) is 1. The number of fused-ring (bicyclic) bond motifs is 1. The van der Waals surface area contributed by atoms with Crippen LogP contribution in [-0.4, -0.2) is 43.9 Å². The van der Waals surface area contributed by atoms with Crippen LogP contribution in [0.4, 0.5) is 0 Å². The molecule has 1 atom stereocenters. The number of benzene rings is 3. The molecule has 29 heavy (non-hydrogen) atoms. The van der Waals surface area contributed by atoms with Crippen LogP contribution in [0, 0.1) is 0 Å². The van der Waals surface area contributed by atoms with Crippen molar-refractivity contribution in [2.24, 2.45) is 0 Å². The highest BCUT2D eigenvalue weighted by molar-refractivity contribution is 7.91. The van der Waals surface area contributed by atoms with Crippen molar-refractivity contribution in [3.8, 4) is 5.75 Å². The lowest BCUT2D eigenvalue weighted by atomic mass is 10.0. The van der Waals surface area contributed by atoms with Crippen molar-refractivity contribution in [2.45, 2.75) is 19.0 Å². The topological polar surface area (TPSA) is 63.7 Å². The van der Waals surface area contributed by atoms with Gasteiger partial charge >= 0.3 is 0 Å². The predicted molar refractivity (Wildman–Crippen MR) is 114 cm³/mol. The van der Waals surface area contributed by atoms with Gasteiger partial charge in [0, 0.05) is 18.2 Å². The number of carbonyl (C=O) groups is 1. The molecule has 0 bridgehead atoms. The molecule has 1 amide bonds. The summed E-state index contributed by atoms with van der Waals surface area (Å²) in [4.78, 5) is 15.1. The second kappa shape index (κ2) is 7.87. The van der Waals surface area contributed by atoms with E-state index in [0.29, 0.717) is 24.3 Å². The molecule has 1 saturated heterocycles. The molecule has 0 N–H and O–H groups in total. The zero-order chi connectivity index (χ0) is 20.4. The van der Waals surface area contributed by atoms with Crippen molar-refractivity contribution >= 4 is 26.5 Å². The lowest BCUT2D eigenvalue weighted by Gasteiger charge is -2.29. The quantitative estimate of drug-likeness (QED) is 0.645. The van der Waals surface area contributed by atoms with Gasteiger partial charge in [-0.25, -0.2) is 8.42 Å². The third kappa shape index (κ3) is 4.12. The van der Waals surface area contributed by atoms with Gasteiger partial charge in [-0.2, -0.15) is 0 Å². The Balaban J connectivity index is 1.73. The Morgan fingerprint density at radius 3 is 2.59 bits per heavy atom. The second-order valence-corrected chi connectivity index (χ2v) is 9.59. The zero-order valence-electron chi connectivity index (χ0n) is 16.2. The Labute approximate surface area is 170 Å². The predicted octanol–water partition coefficient (Wildman–Crippen LogP) is 3.68. The van der Waals surface area contributed by atoms with E-state index in [2.05, 4.69) is 0 Å². The number of hydrogen-bond acceptors (Lipinski definition) is 4. The first-order valence-corrected chi connectivity index (χ1v) is 11.4. The maximum atomic E-state index is 13.4. The minimum atomic E-state index is -3.12. The summed E-state index contributed by atoms with van der Waals surface area (Å²) >= 11 is 0. The van der Waals surface area contributed by atoms with Crippen LogP contribution in [0.2, 0.25) is 0 Å². The average Bonchev–Trinajstić information content (AvgIpc) is 3.11. The van der Waals surface area contributed by atoms with Crippen LogP contribution in [0.15, 0.2) is 66.7 Å². The van der Waals surface area contributed by atoms with E-state index in [-0.39, 0.29) is 23.5 Å². The Morgan fingerprint density at radius 2 is 1.83 bits per heavy atom. The van der Waals surface area contributed by atoms with Crippen LogP contribution in [0.1, 0.15) is 22.3 Å². The van der Waals surface area contributed by atoms with Gasteiger partial charge in [0.05, 0.1) is 18.6 Å². The molecule has 0 saturated carbocycles. The van der Waals surface area contributed by atoms with E-state index >= 15 is 0 Å². The Hall–Kier alpha value is -2.86. The Bertz CT molecular complexity index is 1150. The number of methoxy groups -OCH3 is 1. The molecule has 0 aromatic heterocycles. The van der Waals surface area contributed by atoms with Crippen molar-refractivity contribution in [3.63, 3.8) is 0 Å². The SMILES string of the molecule is COc1cccc(C(=O)N(Cc2cccc3ccccc23)[C@H]2CCS(=O)(=O)C2)c1. The van der Waals surface area contributed by atoms with Gasteiger partial charge in [-0.3, -0.25) is 4.79 Å². The molecule has 5 nitrogen and oxygen atoms in total. The summed E-state index contributed by atoms with van der Waals surface area (Å²) < 4.78 is 29.5. The molecule has 0 radical (unpaired) electrons. The van der Waals surface area contributed by atoms with Crippen molar-refractivity contribution in [1.82, 2.24) is 4.90 Å². The number of nitrogens with zero attached hydrogens (tertiary/aromatic N) is 1. The average molecular weight is 410 g/mol. The van der Waals surface area contributed by atoms with E-state index in [1.807, 2.05) is 42.5 Å². The third-order valence-electron chi connectivity index (χ3n) is 5.45. The molecule has 1 heterocycles. The van der Waals surface area contributed by atoms with Gasteiger partial charge in [-0.05, 0) is 41.0 Å². The number of rotatable bonds is 5. The fourth-order valence-corrected chi connectivity index (χ4v) is 5.65. The van der Waals surface area contributed by atoms with Gasteiger partial charge < -0.3 is 9.64 Å². The van der Waals surface area contributed by atoms with E-state index in [1.165, 1.54) is 0 Å². The molecule has 3 aromatic rings. The summed E-state index contributed by atoms with van der Waals surface area (Å²) in [6.45, 7) is 0.359. The summed E-state index contributed by atoms with van der Waals surface area (Å²) in [6, 6.07) is 20.7. The Morgan fingerprint density at radius 1 is 1.07 bits per heavy atom. The normalized spacial score (nSPS) is 17.9. The van der Waals surface area contributed by atoms with Crippen LogP contribution in [0.5, 0.6) is 5.75 Å². The Kier molecular flexibility index (Phi) is 5.28. The molecule has 0 spiro atoms. The van der Waals surface area contributed by atoms with Gasteiger partial charge in [-0.15, -0.1) is 0 Å². The molecule has 6 heteroatoms. The van der Waals surface area contributed by atoms with Gasteiger partial charge in [0.2, 0.25) is 0 Å². The van der Waals surface area contributed by atoms with Crippen LogP contribution < -0.4 is 4.74 Å². The van der Waals surface area contributed by atoms with Crippen molar-refractivity contribution in [2.75, 3.05) is 18.6 Å². The lowest BCUT2D eigenvalue weighted by Crippen LogP contribution is -2.40. The summed E-state index contributed by atoms with van der Waals surface area (Å²) in [5.74, 6) is 0.543. The smallest absolute Gasteiger partial charge is 0.254 e. The van der Waals surface area contributed by atoms with Crippen molar-refractivity contribution in [3.05, 3.63) is 77.9 Å². The van der Waals surface area contributed by atoms with Crippen LogP contribution >= 0.6 is 0 Å². The van der Waals surface area contributed by atoms with E-state index in [4.69, 9.17) is 4.74 Å². The summed E-state index contributed by atoms with van der Waals surface area (Å²) in [6.07, 6.45) is 0.461. The van der Waals surface area contributed by atoms with Gasteiger partial charge in [0.15, 0.2) is 9.84 Å². The molecule has 1 fully saturated rings. The minimum absolute atomic E-state index is 0.00742. The molecule has 4 rings (SSSR count). The zero-order valence-corrected chi connectivity index (χ0v) is 17.1. The van der Waals surface area contributed by atoms with E-state index in [0.717, 1.165) is 16.3 Å². The minimum Gasteiger partial charge on any atom is -0.497 e. The van der Waals surface area contributed by atoms with Gasteiger partial charge in [-0.1, -0.05) is 48.5 Å². The molecule has 1 aliphatic heterocycles. The molecule has 0 aliphatic carbocycles. The third-order valence-corrected chi connectivity index (χ3v) is 7.20. The second-order valence-electron chi connectivity index (χ2n) is 7.36. The molecular formula is C23H23NO4S. The summed E-state index contributed by atoms with van der Waals surface area (Å²) in [5, 5.41) is 2.16. The summed E-state index contributed by atoms with van der Waals surface area (Å²) in [5.41, 5.74) is 1.50. The van der Waals surface area contributed by atoms with Crippen LogP contribution in [0.3, 0.4) is 0 Å². The highest BCUT2D eigenvalue weighted by atomic mass is 32.2. The van der Waals surface area contributed by atoms with Gasteiger partial charge in [0.1, 0.15) is 5.75 Å². The number of amides is 1. The van der Waals surface area contributed by atoms with Crippen LogP contribution in [0.25, 0.3) is 10.8 Å². The standard InChI is InChI=1S/C23H23NO4S/c1-28-21-10-5-8-18(14-21)23(25)24(20-12-13-29(26,27)16-20)15-19-9-4-7-17-6-2-3-11-22(17)19/h2-11,14,20H,12-13,15-16H2,1H3/t20-/m0/s1. The maximum absolute atomic E-state index is 13.4. The van der Waals surface area contributed by atoms with Crippen molar-refractivity contribution < 1.29 is 17.9 Å². The number of sulfone groups is 1. The van der Waals surface area contributed by atoms with E-state index < -0.39 is 9.84 Å². The van der Waals surface area contributed by atoms with Crippen LogP contribution in [-0.2, 0) is 16.4 Å². The monoisotopic (exact) mass is 409 g/mol.